The number of nitrogens with one attached hydrogen (secondary N) is 2. The van der Waals surface area contributed by atoms with Gasteiger partial charge in [-0.25, -0.2) is 14.9 Å². The summed E-state index contributed by atoms with van der Waals surface area (Å²) in [7, 11) is 0. The third-order valence-electron chi connectivity index (χ3n) is 4.01. The summed E-state index contributed by atoms with van der Waals surface area (Å²) in [6, 6.07) is 6.98. The monoisotopic (exact) mass is 361 g/mol. The van der Waals surface area contributed by atoms with Crippen LogP contribution in [0.25, 0.3) is 0 Å². The van der Waals surface area contributed by atoms with E-state index in [1.165, 1.54) is 0 Å². The van der Waals surface area contributed by atoms with Crippen molar-refractivity contribution < 1.29 is 18.3 Å². The largest absolute Gasteiger partial charge is 0.492 e. The zero-order chi connectivity index (χ0) is 18.4. The zero-order valence-corrected chi connectivity index (χ0v) is 13.8. The first-order chi connectivity index (χ1) is 12.7. The highest BCUT2D eigenvalue weighted by Gasteiger charge is 2.15. The van der Waals surface area contributed by atoms with Crippen molar-refractivity contribution in [2.45, 2.75) is 12.8 Å². The van der Waals surface area contributed by atoms with E-state index in [1.54, 1.807) is 18.2 Å². The molecule has 2 heterocycles. The second kappa shape index (κ2) is 8.40. The molecule has 2 aromatic rings. The summed E-state index contributed by atoms with van der Waals surface area (Å²) in [5.74, 6) is -0.596. The summed E-state index contributed by atoms with van der Waals surface area (Å²) in [6.45, 7) is 1.99. The third kappa shape index (κ3) is 4.34. The van der Waals surface area contributed by atoms with Crippen LogP contribution in [0.15, 0.2) is 24.4 Å². The molecular formula is C17H17F2N5O2. The van der Waals surface area contributed by atoms with Gasteiger partial charge in [0.05, 0.1) is 18.4 Å². The topological polar surface area (TPSA) is 92.1 Å². The highest BCUT2D eigenvalue weighted by Crippen LogP contribution is 2.26. The van der Waals surface area contributed by atoms with Gasteiger partial charge in [0.25, 0.3) is 0 Å². The molecule has 0 unspecified atom stereocenters. The van der Waals surface area contributed by atoms with Crippen LogP contribution in [0.5, 0.6) is 5.75 Å². The second-order valence-electron chi connectivity index (χ2n) is 5.80. The quantitative estimate of drug-likeness (QED) is 0.763. The molecule has 1 aliphatic heterocycles. The van der Waals surface area contributed by atoms with Gasteiger partial charge in [0.2, 0.25) is 5.95 Å². The SMILES string of the molecule is N#Cc1cc(Nc2ncc(F)c(NF)n2)ccc1OCC1CCOCC1. The van der Waals surface area contributed by atoms with Crippen molar-refractivity contribution in [3.05, 3.63) is 35.8 Å². The number of nitrogens with zero attached hydrogens (tertiary/aromatic N) is 3. The van der Waals surface area contributed by atoms with Crippen LogP contribution in [0.1, 0.15) is 18.4 Å². The van der Waals surface area contributed by atoms with Crippen molar-refractivity contribution in [3.8, 4) is 11.8 Å². The Morgan fingerprint density at radius 3 is 2.88 bits per heavy atom. The molecule has 0 spiro atoms. The lowest BCUT2D eigenvalue weighted by Crippen LogP contribution is -2.21. The molecule has 26 heavy (non-hydrogen) atoms. The molecule has 0 bridgehead atoms. The molecule has 1 aliphatic rings. The fraction of sp³-hybridized carbons (Fsp3) is 0.353. The van der Waals surface area contributed by atoms with Crippen molar-refractivity contribution in [3.63, 3.8) is 0 Å². The lowest BCUT2D eigenvalue weighted by atomic mass is 10.0. The summed E-state index contributed by atoms with van der Waals surface area (Å²) in [4.78, 5) is 7.38. The van der Waals surface area contributed by atoms with Gasteiger partial charge in [-0.15, -0.1) is 4.48 Å². The third-order valence-corrected chi connectivity index (χ3v) is 4.01. The van der Waals surface area contributed by atoms with E-state index in [4.69, 9.17) is 9.47 Å². The summed E-state index contributed by atoms with van der Waals surface area (Å²) >= 11 is 0. The number of ether oxygens (including phenoxy) is 2. The highest BCUT2D eigenvalue weighted by atomic mass is 19.2. The normalized spacial score (nSPS) is 14.5. The molecule has 136 valence electrons. The van der Waals surface area contributed by atoms with Crippen LogP contribution in [-0.4, -0.2) is 29.8 Å². The molecule has 1 aromatic heterocycles. The Morgan fingerprint density at radius 1 is 1.35 bits per heavy atom. The van der Waals surface area contributed by atoms with E-state index in [0.717, 1.165) is 37.8 Å². The molecule has 2 N–H and O–H groups in total. The van der Waals surface area contributed by atoms with Crippen LogP contribution in [0.2, 0.25) is 0 Å². The molecule has 0 amide bonds. The Hall–Kier alpha value is -2.99. The number of rotatable bonds is 6. The van der Waals surface area contributed by atoms with E-state index in [0.29, 0.717) is 29.5 Å². The van der Waals surface area contributed by atoms with Crippen molar-refractivity contribution in [1.82, 2.24) is 9.97 Å². The molecule has 1 fully saturated rings. The fourth-order valence-corrected chi connectivity index (χ4v) is 2.56. The minimum atomic E-state index is -0.910. The maximum absolute atomic E-state index is 13.2. The smallest absolute Gasteiger partial charge is 0.229 e. The van der Waals surface area contributed by atoms with Crippen molar-refractivity contribution >= 4 is 17.5 Å². The standard InChI is InChI=1S/C17H17F2N5O2/c18-14-9-21-17(23-16(14)24-19)22-13-1-2-15(12(7-13)8-20)26-10-11-3-5-25-6-4-11/h1-2,7,9,11H,3-6,10H2,(H2,21,22,23,24). The van der Waals surface area contributed by atoms with Gasteiger partial charge < -0.3 is 14.8 Å². The fourth-order valence-electron chi connectivity index (χ4n) is 2.56. The van der Waals surface area contributed by atoms with Crippen molar-refractivity contribution in [1.29, 1.82) is 5.26 Å². The molecule has 0 aliphatic carbocycles. The average molecular weight is 361 g/mol. The number of aromatic nitrogens is 2. The van der Waals surface area contributed by atoms with Crippen LogP contribution in [0.4, 0.5) is 26.3 Å². The summed E-state index contributed by atoms with van der Waals surface area (Å²) in [5, 5.41) is 12.1. The van der Waals surface area contributed by atoms with Gasteiger partial charge in [-0.3, -0.25) is 0 Å². The number of anilines is 3. The van der Waals surface area contributed by atoms with Crippen molar-refractivity contribution in [2.75, 3.05) is 30.7 Å². The minimum absolute atomic E-state index is 0.00804. The number of halogens is 2. The summed E-state index contributed by atoms with van der Waals surface area (Å²) < 4.78 is 36.7. The molecule has 9 heteroatoms. The summed E-state index contributed by atoms with van der Waals surface area (Å²) in [5.41, 5.74) is 1.99. The number of benzene rings is 1. The molecule has 1 saturated heterocycles. The van der Waals surface area contributed by atoms with E-state index in [1.807, 2.05) is 0 Å². The van der Waals surface area contributed by atoms with Crippen LogP contribution in [0.3, 0.4) is 0 Å². The number of hydrogen-bond donors (Lipinski definition) is 2. The molecule has 1 aromatic carbocycles. The Morgan fingerprint density at radius 2 is 2.15 bits per heavy atom. The lowest BCUT2D eigenvalue weighted by molar-refractivity contribution is 0.0497. The van der Waals surface area contributed by atoms with E-state index >= 15 is 0 Å². The number of hydrogen-bond acceptors (Lipinski definition) is 7. The van der Waals surface area contributed by atoms with E-state index < -0.39 is 11.6 Å². The zero-order valence-electron chi connectivity index (χ0n) is 13.8. The maximum atomic E-state index is 13.2. The maximum Gasteiger partial charge on any atom is 0.229 e. The first-order valence-electron chi connectivity index (χ1n) is 8.10. The molecule has 0 saturated carbocycles. The first kappa shape index (κ1) is 17.8. The highest BCUT2D eigenvalue weighted by molar-refractivity contribution is 5.60. The van der Waals surface area contributed by atoms with Gasteiger partial charge in [-0.2, -0.15) is 10.2 Å². The van der Waals surface area contributed by atoms with Gasteiger partial charge in [0, 0.05) is 18.9 Å². The van der Waals surface area contributed by atoms with Crippen LogP contribution in [-0.2, 0) is 4.74 Å². The summed E-state index contributed by atoms with van der Waals surface area (Å²) in [6.07, 6.45) is 2.72. The Balaban J connectivity index is 1.69. The van der Waals surface area contributed by atoms with E-state index in [-0.39, 0.29) is 5.95 Å². The predicted octanol–water partition coefficient (Wildman–Crippen LogP) is 3.33. The Labute approximate surface area is 148 Å². The number of nitriles is 1. The van der Waals surface area contributed by atoms with E-state index in [2.05, 4.69) is 21.4 Å². The lowest BCUT2D eigenvalue weighted by Gasteiger charge is -2.22. The van der Waals surface area contributed by atoms with Gasteiger partial charge in [-0.05, 0) is 37.0 Å². The van der Waals surface area contributed by atoms with Crippen LogP contribution >= 0.6 is 0 Å². The first-order valence-corrected chi connectivity index (χ1v) is 8.10. The van der Waals surface area contributed by atoms with E-state index in [9.17, 15) is 14.1 Å². The Bertz CT molecular complexity index is 806. The predicted molar refractivity (Wildman–Crippen MR) is 90.2 cm³/mol. The van der Waals surface area contributed by atoms with Gasteiger partial charge in [-0.1, -0.05) is 0 Å². The molecule has 7 nitrogen and oxygen atoms in total. The second-order valence-corrected chi connectivity index (χ2v) is 5.80. The van der Waals surface area contributed by atoms with Gasteiger partial charge >= 0.3 is 0 Å². The van der Waals surface area contributed by atoms with Crippen molar-refractivity contribution in [2.24, 2.45) is 5.92 Å². The molecular weight excluding hydrogens is 344 g/mol. The average Bonchev–Trinajstić information content (AvgIpc) is 2.69. The van der Waals surface area contributed by atoms with Crippen LogP contribution < -0.4 is 15.6 Å². The Kier molecular flexibility index (Phi) is 5.76. The molecule has 3 rings (SSSR count). The minimum Gasteiger partial charge on any atom is -0.492 e. The van der Waals surface area contributed by atoms with Crippen LogP contribution in [0, 0.1) is 23.1 Å². The van der Waals surface area contributed by atoms with Gasteiger partial charge in [0.1, 0.15) is 11.8 Å². The molecule has 0 atom stereocenters. The molecule has 0 radical (unpaired) electrons. The van der Waals surface area contributed by atoms with Gasteiger partial charge in [0.15, 0.2) is 11.6 Å².